The van der Waals surface area contributed by atoms with Crippen molar-refractivity contribution in [2.45, 2.75) is 29.6 Å². The molecule has 114 valence electrons. The van der Waals surface area contributed by atoms with Crippen LogP contribution in [-0.4, -0.2) is 55.3 Å². The summed E-state index contributed by atoms with van der Waals surface area (Å²) < 4.78 is 0. The third kappa shape index (κ3) is 2.13. The highest BCUT2D eigenvalue weighted by Crippen LogP contribution is 2.51. The van der Waals surface area contributed by atoms with Crippen LogP contribution in [0.1, 0.15) is 6.42 Å². The van der Waals surface area contributed by atoms with Gasteiger partial charge in [0.2, 0.25) is 11.8 Å². The maximum atomic E-state index is 10.2. The molecular weight excluding hydrogens is 296 g/mol. The van der Waals surface area contributed by atoms with Crippen molar-refractivity contribution >= 4 is 23.5 Å². The zero-order valence-electron chi connectivity index (χ0n) is 11.0. The normalized spacial score (nSPS) is 31.8. The Bertz CT molecular complexity index is 599. The van der Waals surface area contributed by atoms with Crippen LogP contribution in [0.15, 0.2) is 16.5 Å². The Morgan fingerprint density at radius 1 is 1.33 bits per heavy atom. The van der Waals surface area contributed by atoms with Crippen LogP contribution in [-0.2, 0) is 0 Å². The second kappa shape index (κ2) is 5.02. The van der Waals surface area contributed by atoms with Gasteiger partial charge < -0.3 is 31.1 Å². The van der Waals surface area contributed by atoms with Crippen LogP contribution in [0.2, 0.25) is 0 Å². The molecule has 1 aliphatic heterocycles. The summed E-state index contributed by atoms with van der Waals surface area (Å²) in [4.78, 5) is 9.84. The standard InChI is InChI=1S/C12H16N4O4S/c1-4-16(6-2-5(3-17)7(18)8(6)19)10-9(21-4)11(20)15-12(13)14-10/h5-8,17-19H,1-3H2,(H3,13,14,15,20)/t5-,6-,7-,8+/m1/s1. The van der Waals surface area contributed by atoms with E-state index in [1.807, 2.05) is 0 Å². The number of nitrogen functional groups attached to an aromatic ring is 1. The summed E-state index contributed by atoms with van der Waals surface area (Å²) in [6.07, 6.45) is -1.69. The quantitative estimate of drug-likeness (QED) is 0.478. The van der Waals surface area contributed by atoms with Crippen molar-refractivity contribution in [3.8, 4) is 5.88 Å². The topological polar surface area (TPSA) is 136 Å². The smallest absolute Gasteiger partial charge is 0.232 e. The number of aromatic nitrogens is 2. The molecule has 0 saturated heterocycles. The number of fused-ring (bicyclic) bond motifs is 1. The molecule has 0 spiro atoms. The molecule has 1 aromatic rings. The number of aliphatic hydroxyl groups excluding tert-OH is 3. The molecule has 1 fully saturated rings. The number of aromatic hydroxyl groups is 1. The lowest BCUT2D eigenvalue weighted by molar-refractivity contribution is 0.00285. The molecule has 0 unspecified atom stereocenters. The Hall–Kier alpha value is -1.55. The summed E-state index contributed by atoms with van der Waals surface area (Å²) in [7, 11) is 0. The number of anilines is 2. The first-order chi connectivity index (χ1) is 9.93. The minimum atomic E-state index is -1.05. The van der Waals surface area contributed by atoms with E-state index in [2.05, 4.69) is 16.5 Å². The van der Waals surface area contributed by atoms with E-state index in [-0.39, 0.29) is 18.4 Å². The molecule has 1 saturated carbocycles. The van der Waals surface area contributed by atoms with E-state index in [1.54, 1.807) is 4.90 Å². The van der Waals surface area contributed by atoms with Crippen LogP contribution < -0.4 is 10.6 Å². The van der Waals surface area contributed by atoms with E-state index < -0.39 is 24.2 Å². The van der Waals surface area contributed by atoms with Crippen molar-refractivity contribution in [3.05, 3.63) is 11.6 Å². The van der Waals surface area contributed by atoms with Crippen molar-refractivity contribution in [3.63, 3.8) is 0 Å². The highest BCUT2D eigenvalue weighted by Gasteiger charge is 2.47. The lowest BCUT2D eigenvalue weighted by Gasteiger charge is -2.29. The van der Waals surface area contributed by atoms with Crippen LogP contribution in [0.4, 0.5) is 11.8 Å². The Balaban J connectivity index is 2.00. The van der Waals surface area contributed by atoms with Gasteiger partial charge in [0.1, 0.15) is 11.0 Å². The number of aliphatic hydroxyl groups is 3. The molecular formula is C12H16N4O4S. The van der Waals surface area contributed by atoms with E-state index in [0.29, 0.717) is 22.2 Å². The van der Waals surface area contributed by atoms with E-state index in [0.717, 1.165) is 0 Å². The molecule has 3 rings (SSSR count). The fourth-order valence-electron chi connectivity index (χ4n) is 2.86. The number of thioether (sulfide) groups is 1. The van der Waals surface area contributed by atoms with E-state index in [4.69, 9.17) is 5.73 Å². The predicted molar refractivity (Wildman–Crippen MR) is 76.6 cm³/mol. The van der Waals surface area contributed by atoms with Gasteiger partial charge in [-0.1, -0.05) is 18.3 Å². The lowest BCUT2D eigenvalue weighted by atomic mass is 10.1. The summed E-state index contributed by atoms with van der Waals surface area (Å²) in [5.74, 6) is -0.374. The monoisotopic (exact) mass is 312 g/mol. The molecule has 0 aromatic carbocycles. The molecule has 1 aliphatic carbocycles. The van der Waals surface area contributed by atoms with Crippen LogP contribution >= 0.6 is 11.8 Å². The fourth-order valence-corrected chi connectivity index (χ4v) is 3.79. The first-order valence-corrected chi connectivity index (χ1v) is 7.25. The molecule has 0 radical (unpaired) electrons. The molecule has 8 nitrogen and oxygen atoms in total. The van der Waals surface area contributed by atoms with Gasteiger partial charge in [-0.25, -0.2) is 0 Å². The molecule has 0 amide bonds. The van der Waals surface area contributed by atoms with Gasteiger partial charge in [-0.15, -0.1) is 0 Å². The van der Waals surface area contributed by atoms with Crippen molar-refractivity contribution in [1.82, 2.24) is 9.97 Å². The van der Waals surface area contributed by atoms with E-state index >= 15 is 0 Å². The molecule has 21 heavy (non-hydrogen) atoms. The highest BCUT2D eigenvalue weighted by atomic mass is 32.2. The minimum absolute atomic E-state index is 0.0849. The molecule has 2 aliphatic rings. The maximum Gasteiger partial charge on any atom is 0.232 e. The van der Waals surface area contributed by atoms with Crippen molar-refractivity contribution in [1.29, 1.82) is 0 Å². The van der Waals surface area contributed by atoms with Crippen molar-refractivity contribution < 1.29 is 20.4 Å². The SMILES string of the molecule is C=C1Sc2c(O)nc(N)nc2N1[C@@H]1C[C@H](CO)[C@@H](O)[C@H]1O. The number of nitrogens with two attached hydrogens (primary N) is 1. The van der Waals surface area contributed by atoms with Gasteiger partial charge in [-0.3, -0.25) is 0 Å². The van der Waals surface area contributed by atoms with Crippen LogP contribution in [0, 0.1) is 5.92 Å². The molecule has 2 heterocycles. The number of rotatable bonds is 2. The Morgan fingerprint density at radius 2 is 2.05 bits per heavy atom. The van der Waals surface area contributed by atoms with Gasteiger partial charge in [0.25, 0.3) is 0 Å². The number of nitrogens with zero attached hydrogens (tertiary/aromatic N) is 3. The molecule has 6 N–H and O–H groups in total. The van der Waals surface area contributed by atoms with Gasteiger partial charge in [-0.2, -0.15) is 9.97 Å². The molecule has 1 aromatic heterocycles. The van der Waals surface area contributed by atoms with Gasteiger partial charge in [0.15, 0.2) is 5.82 Å². The average Bonchev–Trinajstić information content (AvgIpc) is 2.89. The maximum absolute atomic E-state index is 10.2. The summed E-state index contributed by atoms with van der Waals surface area (Å²) in [5.41, 5.74) is 5.55. The Kier molecular flexibility index (Phi) is 3.44. The largest absolute Gasteiger partial charge is 0.492 e. The second-order valence-electron chi connectivity index (χ2n) is 5.15. The molecule has 0 bridgehead atoms. The first-order valence-electron chi connectivity index (χ1n) is 6.43. The first kappa shape index (κ1) is 14.4. The lowest BCUT2D eigenvalue weighted by Crippen LogP contribution is -2.41. The van der Waals surface area contributed by atoms with Crippen molar-refractivity contribution in [2.75, 3.05) is 17.2 Å². The summed E-state index contributed by atoms with van der Waals surface area (Å²) >= 11 is 1.18. The molecule has 9 heteroatoms. The van der Waals surface area contributed by atoms with Crippen LogP contribution in [0.25, 0.3) is 0 Å². The van der Waals surface area contributed by atoms with Gasteiger partial charge in [0, 0.05) is 12.5 Å². The number of hydrogen-bond donors (Lipinski definition) is 5. The van der Waals surface area contributed by atoms with Gasteiger partial charge >= 0.3 is 0 Å². The zero-order chi connectivity index (χ0) is 15.3. The second-order valence-corrected chi connectivity index (χ2v) is 6.23. The van der Waals surface area contributed by atoms with Gasteiger partial charge in [0.05, 0.1) is 17.2 Å². The summed E-state index contributed by atoms with van der Waals surface area (Å²) in [5, 5.41) is 39.8. The minimum Gasteiger partial charge on any atom is -0.492 e. The van der Waals surface area contributed by atoms with Crippen LogP contribution in [0.3, 0.4) is 0 Å². The predicted octanol–water partition coefficient (Wildman–Crippen LogP) is -0.750. The third-order valence-electron chi connectivity index (χ3n) is 3.90. The van der Waals surface area contributed by atoms with E-state index in [9.17, 15) is 20.4 Å². The fraction of sp³-hybridized carbons (Fsp3) is 0.500. The molecule has 4 atom stereocenters. The Morgan fingerprint density at radius 3 is 2.67 bits per heavy atom. The Labute approximate surface area is 124 Å². The highest BCUT2D eigenvalue weighted by molar-refractivity contribution is 8.03. The van der Waals surface area contributed by atoms with Gasteiger partial charge in [-0.05, 0) is 6.42 Å². The van der Waals surface area contributed by atoms with Crippen molar-refractivity contribution in [2.24, 2.45) is 5.92 Å². The summed E-state index contributed by atoms with van der Waals surface area (Å²) in [6, 6.07) is -0.493. The number of hydrogen-bond acceptors (Lipinski definition) is 9. The van der Waals surface area contributed by atoms with E-state index in [1.165, 1.54) is 11.8 Å². The van der Waals surface area contributed by atoms with Crippen LogP contribution in [0.5, 0.6) is 5.88 Å². The average molecular weight is 312 g/mol. The summed E-state index contributed by atoms with van der Waals surface area (Å²) in [6.45, 7) is 3.67. The third-order valence-corrected chi connectivity index (χ3v) is 4.90. The zero-order valence-corrected chi connectivity index (χ0v) is 11.9.